The number of carbonyl (C=O) groups is 1. The summed E-state index contributed by atoms with van der Waals surface area (Å²) < 4.78 is 5.57. The van der Waals surface area contributed by atoms with Crippen LogP contribution < -0.4 is 0 Å². The predicted molar refractivity (Wildman–Crippen MR) is 88.3 cm³/mol. The molecule has 6 nitrogen and oxygen atoms in total. The van der Waals surface area contributed by atoms with Crippen molar-refractivity contribution in [3.63, 3.8) is 0 Å². The maximum Gasteiger partial charge on any atom is 0.274 e. The van der Waals surface area contributed by atoms with Crippen LogP contribution in [0.1, 0.15) is 40.8 Å². The summed E-state index contributed by atoms with van der Waals surface area (Å²) in [6.45, 7) is 2.61. The Morgan fingerprint density at radius 3 is 3.00 bits per heavy atom. The summed E-state index contributed by atoms with van der Waals surface area (Å²) in [7, 11) is 0. The van der Waals surface area contributed by atoms with E-state index in [-0.39, 0.29) is 11.9 Å². The Hall–Kier alpha value is -2.89. The van der Waals surface area contributed by atoms with Gasteiger partial charge in [-0.05, 0) is 44.0 Å². The lowest BCUT2D eigenvalue weighted by Gasteiger charge is -2.23. The van der Waals surface area contributed by atoms with Gasteiger partial charge in [-0.25, -0.2) is 0 Å². The second-order valence-electron chi connectivity index (χ2n) is 5.99. The number of rotatable bonds is 3. The smallest absolute Gasteiger partial charge is 0.274 e. The zero-order valence-electron chi connectivity index (χ0n) is 13.4. The Kier molecular flexibility index (Phi) is 3.65. The SMILES string of the molecule is Cc1ccc(-c2cc(C(=O)N3CCCC3c3ccccn3)n[nH]2)o1. The molecule has 1 atom stereocenters. The average Bonchev–Trinajstić information content (AvgIpc) is 3.35. The first-order valence-corrected chi connectivity index (χ1v) is 8.06. The van der Waals surface area contributed by atoms with Crippen molar-refractivity contribution in [2.45, 2.75) is 25.8 Å². The molecule has 1 amide bonds. The predicted octanol–water partition coefficient (Wildman–Crippen LogP) is 3.35. The largest absolute Gasteiger partial charge is 0.460 e. The van der Waals surface area contributed by atoms with E-state index in [9.17, 15) is 4.79 Å². The first kappa shape index (κ1) is 14.7. The van der Waals surface area contributed by atoms with Gasteiger partial charge in [0.15, 0.2) is 11.5 Å². The van der Waals surface area contributed by atoms with Crippen LogP contribution in [0.3, 0.4) is 0 Å². The Bertz CT molecular complexity index is 853. The molecule has 1 N–H and O–H groups in total. The van der Waals surface area contributed by atoms with Gasteiger partial charge in [0.2, 0.25) is 0 Å². The molecule has 0 radical (unpaired) electrons. The van der Waals surface area contributed by atoms with Crippen molar-refractivity contribution in [1.82, 2.24) is 20.1 Å². The normalized spacial score (nSPS) is 17.4. The van der Waals surface area contributed by atoms with Crippen molar-refractivity contribution in [2.75, 3.05) is 6.54 Å². The van der Waals surface area contributed by atoms with Gasteiger partial charge in [-0.3, -0.25) is 14.9 Å². The summed E-state index contributed by atoms with van der Waals surface area (Å²) in [5.41, 5.74) is 2.04. The minimum Gasteiger partial charge on any atom is -0.460 e. The summed E-state index contributed by atoms with van der Waals surface area (Å²) in [5, 5.41) is 7.07. The van der Waals surface area contributed by atoms with Crippen molar-refractivity contribution >= 4 is 5.91 Å². The molecule has 1 saturated heterocycles. The molecule has 0 saturated carbocycles. The molecule has 122 valence electrons. The van der Waals surface area contributed by atoms with Gasteiger partial charge in [-0.15, -0.1) is 0 Å². The third-order valence-electron chi connectivity index (χ3n) is 4.35. The number of hydrogen-bond acceptors (Lipinski definition) is 4. The maximum absolute atomic E-state index is 12.9. The van der Waals surface area contributed by atoms with Crippen molar-refractivity contribution in [3.8, 4) is 11.5 Å². The first-order chi connectivity index (χ1) is 11.7. The van der Waals surface area contributed by atoms with Crippen LogP contribution in [0.2, 0.25) is 0 Å². The van der Waals surface area contributed by atoms with Gasteiger partial charge in [0.25, 0.3) is 5.91 Å². The number of nitrogens with one attached hydrogen (secondary N) is 1. The molecule has 24 heavy (non-hydrogen) atoms. The van der Waals surface area contributed by atoms with Crippen LogP contribution in [-0.2, 0) is 0 Å². The Morgan fingerprint density at radius 2 is 2.25 bits per heavy atom. The molecule has 3 aromatic rings. The molecule has 0 aliphatic carbocycles. The van der Waals surface area contributed by atoms with Crippen LogP contribution in [0, 0.1) is 6.92 Å². The highest BCUT2D eigenvalue weighted by Gasteiger charge is 2.32. The maximum atomic E-state index is 12.9. The fourth-order valence-corrected chi connectivity index (χ4v) is 3.17. The van der Waals surface area contributed by atoms with E-state index in [0.717, 1.165) is 30.8 Å². The van der Waals surface area contributed by atoms with E-state index in [4.69, 9.17) is 4.42 Å². The van der Waals surface area contributed by atoms with E-state index in [2.05, 4.69) is 15.2 Å². The topological polar surface area (TPSA) is 75.0 Å². The third-order valence-corrected chi connectivity index (χ3v) is 4.35. The second-order valence-corrected chi connectivity index (χ2v) is 5.99. The molecule has 0 spiro atoms. The minimum absolute atomic E-state index is 0.0182. The molecule has 0 bridgehead atoms. The number of pyridine rings is 1. The van der Waals surface area contributed by atoms with Gasteiger partial charge in [-0.2, -0.15) is 5.10 Å². The van der Waals surface area contributed by atoms with Crippen molar-refractivity contribution in [3.05, 3.63) is 59.7 Å². The highest BCUT2D eigenvalue weighted by Crippen LogP contribution is 2.32. The monoisotopic (exact) mass is 322 g/mol. The van der Waals surface area contributed by atoms with E-state index >= 15 is 0 Å². The summed E-state index contributed by atoms with van der Waals surface area (Å²) in [6, 6.07) is 11.3. The average molecular weight is 322 g/mol. The lowest BCUT2D eigenvalue weighted by atomic mass is 10.1. The van der Waals surface area contributed by atoms with Crippen LogP contribution in [0.25, 0.3) is 11.5 Å². The molecule has 0 aromatic carbocycles. The Labute approximate surface area is 139 Å². The van der Waals surface area contributed by atoms with E-state index in [1.54, 1.807) is 12.3 Å². The summed E-state index contributed by atoms with van der Waals surface area (Å²) in [4.78, 5) is 19.1. The van der Waals surface area contributed by atoms with Crippen LogP contribution in [0.5, 0.6) is 0 Å². The van der Waals surface area contributed by atoms with Gasteiger partial charge in [0.1, 0.15) is 11.5 Å². The summed E-state index contributed by atoms with van der Waals surface area (Å²) >= 11 is 0. The number of hydrogen-bond donors (Lipinski definition) is 1. The van der Waals surface area contributed by atoms with E-state index in [1.165, 1.54) is 0 Å². The van der Waals surface area contributed by atoms with Crippen molar-refractivity contribution in [1.29, 1.82) is 0 Å². The first-order valence-electron chi connectivity index (χ1n) is 8.06. The molecule has 3 aromatic heterocycles. The van der Waals surface area contributed by atoms with Crippen LogP contribution in [-0.4, -0.2) is 32.5 Å². The van der Waals surface area contributed by atoms with Gasteiger partial charge in [0, 0.05) is 18.8 Å². The van der Waals surface area contributed by atoms with Gasteiger partial charge in [-0.1, -0.05) is 6.07 Å². The zero-order chi connectivity index (χ0) is 16.5. The number of aryl methyl sites for hydroxylation is 1. The third kappa shape index (κ3) is 2.60. The number of carbonyl (C=O) groups excluding carboxylic acids is 1. The molecule has 4 rings (SSSR count). The second kappa shape index (κ2) is 5.96. The van der Waals surface area contributed by atoms with Crippen LogP contribution >= 0.6 is 0 Å². The zero-order valence-corrected chi connectivity index (χ0v) is 13.4. The van der Waals surface area contributed by atoms with Crippen LogP contribution in [0.4, 0.5) is 0 Å². The van der Waals surface area contributed by atoms with E-state index in [0.29, 0.717) is 17.1 Å². The number of aromatic amines is 1. The number of H-pyrrole nitrogens is 1. The van der Waals surface area contributed by atoms with Crippen molar-refractivity contribution < 1.29 is 9.21 Å². The van der Waals surface area contributed by atoms with Gasteiger partial charge in [0.05, 0.1) is 11.7 Å². The highest BCUT2D eigenvalue weighted by atomic mass is 16.3. The quantitative estimate of drug-likeness (QED) is 0.802. The molecule has 1 unspecified atom stereocenters. The Morgan fingerprint density at radius 1 is 1.33 bits per heavy atom. The van der Waals surface area contributed by atoms with E-state index < -0.39 is 0 Å². The standard InChI is InChI=1S/C18H18N4O2/c1-12-7-8-17(24-12)14-11-15(21-20-14)18(23)22-10-4-6-16(22)13-5-2-3-9-19-13/h2-3,5,7-9,11,16H,4,6,10H2,1H3,(H,20,21). The van der Waals surface area contributed by atoms with Crippen molar-refractivity contribution in [2.24, 2.45) is 0 Å². The molecule has 1 aliphatic heterocycles. The number of likely N-dealkylation sites (tertiary alicyclic amines) is 1. The van der Waals surface area contributed by atoms with Gasteiger partial charge < -0.3 is 9.32 Å². The molecule has 1 aliphatic rings. The fraction of sp³-hybridized carbons (Fsp3) is 0.278. The molecule has 4 heterocycles. The number of furan rings is 1. The molecular weight excluding hydrogens is 304 g/mol. The highest BCUT2D eigenvalue weighted by molar-refractivity contribution is 5.93. The molecular formula is C18H18N4O2. The minimum atomic E-state index is -0.0751. The number of amides is 1. The lowest BCUT2D eigenvalue weighted by molar-refractivity contribution is 0.0727. The summed E-state index contributed by atoms with van der Waals surface area (Å²) in [5.74, 6) is 1.43. The van der Waals surface area contributed by atoms with Crippen LogP contribution in [0.15, 0.2) is 47.0 Å². The molecule has 6 heteroatoms. The lowest BCUT2D eigenvalue weighted by Crippen LogP contribution is -2.31. The fourth-order valence-electron chi connectivity index (χ4n) is 3.17. The number of nitrogens with zero attached hydrogens (tertiary/aromatic N) is 3. The summed E-state index contributed by atoms with van der Waals surface area (Å²) in [6.07, 6.45) is 3.67. The Balaban J connectivity index is 1.58. The van der Waals surface area contributed by atoms with Gasteiger partial charge >= 0.3 is 0 Å². The number of aromatic nitrogens is 3. The van der Waals surface area contributed by atoms with E-state index in [1.807, 2.05) is 42.2 Å². The molecule has 1 fully saturated rings.